The van der Waals surface area contributed by atoms with Crippen LogP contribution in [0.5, 0.6) is 5.75 Å². The molecule has 0 saturated heterocycles. The molecule has 2 rings (SSSR count). The molecule has 1 unspecified atom stereocenters. The predicted octanol–water partition coefficient (Wildman–Crippen LogP) is 3.23. The number of hydrogen-bond acceptors (Lipinski definition) is 2. The van der Waals surface area contributed by atoms with E-state index in [1.54, 1.807) is 0 Å². The smallest absolute Gasteiger partial charge is 0.150 e. The number of carbonyl (C=O) groups is 1. The summed E-state index contributed by atoms with van der Waals surface area (Å²) in [7, 11) is -0.810. The average Bonchev–Trinajstić information content (AvgIpc) is 2.40. The van der Waals surface area contributed by atoms with Crippen LogP contribution in [0.2, 0.25) is 0 Å². The van der Waals surface area contributed by atoms with Gasteiger partial charge in [0.05, 0.1) is 0 Å². The zero-order valence-electron chi connectivity index (χ0n) is 9.54. The summed E-state index contributed by atoms with van der Waals surface area (Å²) in [6, 6.07) is 17.2. The Kier molecular flexibility index (Phi) is 3.89. The zero-order chi connectivity index (χ0) is 12.1. The van der Waals surface area contributed by atoms with Gasteiger partial charge in [0, 0.05) is 10.9 Å². The normalized spacial score (nSPS) is 11.8. The molecule has 0 saturated carbocycles. The van der Waals surface area contributed by atoms with Crippen LogP contribution >= 0.6 is 8.15 Å². The van der Waals surface area contributed by atoms with E-state index in [4.69, 9.17) is 4.52 Å². The molecule has 0 heterocycles. The maximum Gasteiger partial charge on any atom is 0.150 e. The zero-order valence-corrected chi connectivity index (χ0v) is 10.4. The van der Waals surface area contributed by atoms with Crippen LogP contribution in [0.25, 0.3) is 0 Å². The summed E-state index contributed by atoms with van der Waals surface area (Å²) in [6.45, 7) is 2.00. The van der Waals surface area contributed by atoms with E-state index in [9.17, 15) is 4.79 Å². The van der Waals surface area contributed by atoms with Crippen LogP contribution in [0.15, 0.2) is 54.6 Å². The molecule has 17 heavy (non-hydrogen) atoms. The predicted molar refractivity (Wildman–Crippen MR) is 71.4 cm³/mol. The largest absolute Gasteiger partial charge is 0.470 e. The molecule has 1 atom stereocenters. The van der Waals surface area contributed by atoms with Gasteiger partial charge < -0.3 is 4.52 Å². The van der Waals surface area contributed by atoms with Crippen molar-refractivity contribution in [3.63, 3.8) is 0 Å². The van der Waals surface area contributed by atoms with E-state index in [-0.39, 0.29) is 0 Å². The van der Waals surface area contributed by atoms with Gasteiger partial charge in [0.2, 0.25) is 0 Å². The molecule has 2 aromatic carbocycles. The molecule has 0 aliphatic carbocycles. The van der Waals surface area contributed by atoms with Crippen LogP contribution in [-0.2, 0) is 0 Å². The summed E-state index contributed by atoms with van der Waals surface area (Å²) in [5.74, 6) is 0.835. The Morgan fingerprint density at radius 2 is 1.65 bits per heavy atom. The van der Waals surface area contributed by atoms with E-state index in [1.165, 1.54) is 0 Å². The Morgan fingerprint density at radius 1 is 1.00 bits per heavy atom. The van der Waals surface area contributed by atoms with Gasteiger partial charge in [0.15, 0.2) is 6.29 Å². The van der Waals surface area contributed by atoms with Crippen LogP contribution in [-0.4, -0.2) is 13.0 Å². The van der Waals surface area contributed by atoms with Gasteiger partial charge in [-0.05, 0) is 18.8 Å². The quantitative estimate of drug-likeness (QED) is 0.609. The second-order valence-electron chi connectivity index (χ2n) is 3.58. The maximum absolute atomic E-state index is 10.9. The summed E-state index contributed by atoms with van der Waals surface area (Å²) in [6.07, 6.45) is 0.878. The molecular formula is C14H13O2P. The van der Waals surface area contributed by atoms with Crippen LogP contribution in [0, 0.1) is 0 Å². The van der Waals surface area contributed by atoms with E-state index in [0.29, 0.717) is 5.56 Å². The SMILES string of the molecule is CP(Oc1ccccc1)c1ccccc1C=O. The highest BCUT2D eigenvalue weighted by Gasteiger charge is 2.11. The highest BCUT2D eigenvalue weighted by molar-refractivity contribution is 7.60. The molecule has 2 aromatic rings. The number of aldehydes is 1. The van der Waals surface area contributed by atoms with Crippen molar-refractivity contribution in [3.8, 4) is 5.75 Å². The van der Waals surface area contributed by atoms with Crippen molar-refractivity contribution < 1.29 is 9.32 Å². The molecule has 0 spiro atoms. The number of benzene rings is 2. The fourth-order valence-electron chi connectivity index (χ4n) is 1.56. The van der Waals surface area contributed by atoms with Crippen LogP contribution in [0.4, 0.5) is 0 Å². The lowest BCUT2D eigenvalue weighted by Gasteiger charge is -2.15. The fourth-order valence-corrected chi connectivity index (χ4v) is 2.89. The fraction of sp³-hybridized carbons (Fsp3) is 0.0714. The minimum absolute atomic E-state index is 0.706. The minimum Gasteiger partial charge on any atom is -0.470 e. The standard InChI is InChI=1S/C14H13O2P/c1-17(16-13-8-3-2-4-9-13)14-10-6-5-7-12(14)11-15/h2-11H,1H3. The van der Waals surface area contributed by atoms with Crippen molar-refractivity contribution in [1.82, 2.24) is 0 Å². The lowest BCUT2D eigenvalue weighted by Crippen LogP contribution is -2.09. The molecule has 0 bridgehead atoms. The molecule has 0 fully saturated rings. The van der Waals surface area contributed by atoms with Crippen molar-refractivity contribution >= 4 is 19.7 Å². The van der Waals surface area contributed by atoms with Gasteiger partial charge in [0.1, 0.15) is 13.9 Å². The Bertz CT molecular complexity index is 497. The minimum atomic E-state index is -0.810. The maximum atomic E-state index is 10.9. The van der Waals surface area contributed by atoms with Crippen molar-refractivity contribution in [3.05, 3.63) is 60.2 Å². The monoisotopic (exact) mass is 244 g/mol. The Labute approximate surface area is 102 Å². The van der Waals surface area contributed by atoms with Gasteiger partial charge in [-0.15, -0.1) is 0 Å². The third-order valence-corrected chi connectivity index (χ3v) is 3.96. The van der Waals surface area contributed by atoms with Gasteiger partial charge in [-0.3, -0.25) is 4.79 Å². The average molecular weight is 244 g/mol. The van der Waals surface area contributed by atoms with Gasteiger partial charge in [-0.1, -0.05) is 42.5 Å². The lowest BCUT2D eigenvalue weighted by molar-refractivity contribution is 0.112. The van der Waals surface area contributed by atoms with E-state index in [2.05, 4.69) is 0 Å². The number of para-hydroxylation sites is 1. The van der Waals surface area contributed by atoms with Crippen LogP contribution < -0.4 is 9.83 Å². The van der Waals surface area contributed by atoms with Crippen molar-refractivity contribution in [1.29, 1.82) is 0 Å². The molecule has 0 radical (unpaired) electrons. The summed E-state index contributed by atoms with van der Waals surface area (Å²) in [4.78, 5) is 10.9. The first-order chi connectivity index (χ1) is 8.31. The number of rotatable bonds is 4. The summed E-state index contributed by atoms with van der Waals surface area (Å²) >= 11 is 0. The molecule has 2 nitrogen and oxygen atoms in total. The molecule has 86 valence electrons. The molecule has 0 aromatic heterocycles. The Morgan fingerprint density at radius 3 is 2.35 bits per heavy atom. The summed E-state index contributed by atoms with van der Waals surface area (Å²) < 4.78 is 5.85. The number of carbonyl (C=O) groups excluding carboxylic acids is 1. The third kappa shape index (κ3) is 2.92. The first kappa shape index (κ1) is 11.8. The molecule has 0 aliphatic heterocycles. The van der Waals surface area contributed by atoms with E-state index in [0.717, 1.165) is 17.3 Å². The third-order valence-electron chi connectivity index (χ3n) is 2.39. The molecule has 0 amide bonds. The van der Waals surface area contributed by atoms with E-state index in [1.807, 2.05) is 61.3 Å². The van der Waals surface area contributed by atoms with Crippen molar-refractivity contribution in [2.75, 3.05) is 6.66 Å². The highest BCUT2D eigenvalue weighted by Crippen LogP contribution is 2.33. The molecule has 3 heteroatoms. The topological polar surface area (TPSA) is 26.3 Å². The molecule has 0 aliphatic rings. The first-order valence-electron chi connectivity index (χ1n) is 5.32. The van der Waals surface area contributed by atoms with Crippen LogP contribution in [0.1, 0.15) is 10.4 Å². The second-order valence-corrected chi connectivity index (χ2v) is 5.24. The van der Waals surface area contributed by atoms with Crippen molar-refractivity contribution in [2.24, 2.45) is 0 Å². The van der Waals surface area contributed by atoms with Gasteiger partial charge >= 0.3 is 0 Å². The first-order valence-corrected chi connectivity index (χ1v) is 7.03. The molecular weight excluding hydrogens is 231 g/mol. The summed E-state index contributed by atoms with van der Waals surface area (Å²) in [5, 5.41) is 0.973. The van der Waals surface area contributed by atoms with E-state index < -0.39 is 8.15 Å². The van der Waals surface area contributed by atoms with E-state index >= 15 is 0 Å². The van der Waals surface area contributed by atoms with Crippen molar-refractivity contribution in [2.45, 2.75) is 0 Å². The summed E-state index contributed by atoms with van der Waals surface area (Å²) in [5.41, 5.74) is 0.706. The highest BCUT2D eigenvalue weighted by atomic mass is 31.1. The second kappa shape index (κ2) is 5.60. The lowest BCUT2D eigenvalue weighted by atomic mass is 10.2. The Balaban J connectivity index is 2.20. The van der Waals surface area contributed by atoms with Gasteiger partial charge in [-0.2, -0.15) is 0 Å². The van der Waals surface area contributed by atoms with Crippen LogP contribution in [0.3, 0.4) is 0 Å². The number of hydrogen-bond donors (Lipinski definition) is 0. The molecule has 0 N–H and O–H groups in total. The Hall–Kier alpha value is -1.66. The van der Waals surface area contributed by atoms with Gasteiger partial charge in [-0.25, -0.2) is 0 Å². The van der Waals surface area contributed by atoms with Gasteiger partial charge in [0.25, 0.3) is 0 Å².